The first-order valence-corrected chi connectivity index (χ1v) is 15.3. The Bertz CT molecular complexity index is 1520. The van der Waals surface area contributed by atoms with Gasteiger partial charge in [-0.3, -0.25) is 10.1 Å². The number of rotatable bonds is 10. The Morgan fingerprint density at radius 3 is 1.48 bits per heavy atom. The van der Waals surface area contributed by atoms with Crippen LogP contribution in [-0.2, 0) is 16.8 Å². The minimum absolute atomic E-state index is 0.301. The van der Waals surface area contributed by atoms with E-state index in [9.17, 15) is 9.90 Å². The molecule has 4 heteroatoms. The van der Waals surface area contributed by atoms with Crippen molar-refractivity contribution in [1.29, 1.82) is 0 Å². The molecule has 5 aromatic carbocycles. The molecule has 0 heterocycles. The summed E-state index contributed by atoms with van der Waals surface area (Å²) in [4.78, 5) is 12.9. The molecule has 4 nitrogen and oxygen atoms in total. The second-order valence-electron chi connectivity index (χ2n) is 11.1. The van der Waals surface area contributed by atoms with Crippen molar-refractivity contribution < 1.29 is 14.6 Å². The van der Waals surface area contributed by atoms with Gasteiger partial charge in [0.1, 0.15) is 17.5 Å². The Morgan fingerprint density at radius 1 is 0.682 bits per heavy atom. The summed E-state index contributed by atoms with van der Waals surface area (Å²) in [5, 5.41) is 14.2. The van der Waals surface area contributed by atoms with Gasteiger partial charge in [0.2, 0.25) is 0 Å². The summed E-state index contributed by atoms with van der Waals surface area (Å²) in [5.74, 6) is 0.693. The van der Waals surface area contributed by atoms with Gasteiger partial charge in [0, 0.05) is 0 Å². The fraction of sp³-hybridized carbons (Fsp3) is 0.225. The van der Waals surface area contributed by atoms with Crippen LogP contribution in [0.15, 0.2) is 121 Å². The van der Waals surface area contributed by atoms with Crippen molar-refractivity contribution >= 4 is 5.97 Å². The Labute approximate surface area is 262 Å². The minimum atomic E-state index is -0.909. The molecular formula is C40H43NO3. The van der Waals surface area contributed by atoms with Crippen LogP contribution in [0.5, 0.6) is 11.5 Å². The number of carbonyl (C=O) groups is 1. The summed E-state index contributed by atoms with van der Waals surface area (Å²) >= 11 is 0. The lowest BCUT2D eigenvalue weighted by atomic mass is 9.76. The zero-order valence-corrected chi connectivity index (χ0v) is 26.6. The van der Waals surface area contributed by atoms with Crippen LogP contribution in [-0.4, -0.2) is 17.1 Å². The van der Waals surface area contributed by atoms with Gasteiger partial charge in [0.15, 0.2) is 0 Å². The quantitative estimate of drug-likeness (QED) is 0.160. The molecule has 226 valence electrons. The van der Waals surface area contributed by atoms with E-state index in [0.29, 0.717) is 6.42 Å². The van der Waals surface area contributed by atoms with E-state index in [0.717, 1.165) is 56.0 Å². The maximum atomic E-state index is 12.9. The van der Waals surface area contributed by atoms with Crippen molar-refractivity contribution in [3.63, 3.8) is 0 Å². The van der Waals surface area contributed by atoms with Crippen molar-refractivity contribution in [3.8, 4) is 11.5 Å². The van der Waals surface area contributed by atoms with E-state index in [1.807, 2.05) is 107 Å². The predicted octanol–water partition coefficient (Wildman–Crippen LogP) is 9.32. The van der Waals surface area contributed by atoms with E-state index < -0.39 is 17.6 Å². The van der Waals surface area contributed by atoms with Crippen LogP contribution < -0.4 is 10.1 Å². The number of carboxylic acid groups (broad SMARTS) is 1. The second kappa shape index (κ2) is 14.7. The van der Waals surface area contributed by atoms with Crippen molar-refractivity contribution in [2.45, 2.75) is 59.5 Å². The van der Waals surface area contributed by atoms with Gasteiger partial charge in [-0.2, -0.15) is 0 Å². The molecule has 0 spiro atoms. The molecule has 0 saturated carbocycles. The maximum absolute atomic E-state index is 12.9. The third kappa shape index (κ3) is 7.27. The number of aryl methyl sites for hydroxylation is 4. The van der Waals surface area contributed by atoms with E-state index in [1.54, 1.807) is 0 Å². The molecule has 1 unspecified atom stereocenters. The van der Waals surface area contributed by atoms with Gasteiger partial charge < -0.3 is 9.84 Å². The number of ether oxygens (including phenoxy) is 1. The molecule has 5 rings (SSSR count). The van der Waals surface area contributed by atoms with E-state index >= 15 is 0 Å². The molecule has 0 radical (unpaired) electrons. The SMILES string of the molecule is CC.Cc1cc(C)cc(Oc2c(C)cc(CC(NC(c3ccccc3)(c3ccccc3)c3ccccc3)C(=O)O)cc2C)c1. The molecule has 0 amide bonds. The zero-order chi connectivity index (χ0) is 31.7. The number of nitrogens with one attached hydrogen (secondary N) is 1. The smallest absolute Gasteiger partial charge is 0.321 e. The maximum Gasteiger partial charge on any atom is 0.321 e. The largest absolute Gasteiger partial charge is 0.480 e. The molecule has 2 N–H and O–H groups in total. The standard InChI is InChI=1S/C38H37NO3.C2H6/c1-26-20-27(2)22-34(21-26)42-36-28(3)23-30(24-29(36)4)25-35(37(40)41)39-38(31-14-8-5-9-15-31,32-16-10-6-11-17-32)33-18-12-7-13-19-33;1-2/h5-24,35,39H,25H2,1-4H3,(H,40,41);1-2H3. The van der Waals surface area contributed by atoms with Gasteiger partial charge >= 0.3 is 5.97 Å². The Balaban J connectivity index is 0.00000216. The normalized spacial score (nSPS) is 11.7. The average Bonchev–Trinajstić information content (AvgIpc) is 3.03. The van der Waals surface area contributed by atoms with Crippen molar-refractivity contribution in [3.05, 3.63) is 166 Å². The lowest BCUT2D eigenvalue weighted by molar-refractivity contribution is -0.139. The first-order chi connectivity index (χ1) is 21.3. The lowest BCUT2D eigenvalue weighted by Crippen LogP contribution is -2.53. The fourth-order valence-electron chi connectivity index (χ4n) is 5.94. The third-order valence-electron chi connectivity index (χ3n) is 7.68. The molecule has 0 aromatic heterocycles. The first-order valence-electron chi connectivity index (χ1n) is 15.3. The monoisotopic (exact) mass is 585 g/mol. The van der Waals surface area contributed by atoms with E-state index in [4.69, 9.17) is 4.74 Å². The zero-order valence-electron chi connectivity index (χ0n) is 26.6. The number of benzene rings is 5. The Hall–Kier alpha value is -4.67. The van der Waals surface area contributed by atoms with E-state index in [1.165, 1.54) is 0 Å². The molecule has 0 saturated heterocycles. The molecule has 0 aliphatic rings. The Morgan fingerprint density at radius 2 is 1.09 bits per heavy atom. The summed E-state index contributed by atoms with van der Waals surface area (Å²) in [6.07, 6.45) is 0.301. The number of aliphatic carboxylic acids is 1. The van der Waals surface area contributed by atoms with Gasteiger partial charge in [0.25, 0.3) is 0 Å². The van der Waals surface area contributed by atoms with Crippen LogP contribution in [0.25, 0.3) is 0 Å². The van der Waals surface area contributed by atoms with E-state index in [-0.39, 0.29) is 0 Å². The highest BCUT2D eigenvalue weighted by Gasteiger charge is 2.39. The van der Waals surface area contributed by atoms with Gasteiger partial charge in [-0.1, -0.05) is 123 Å². The molecule has 1 atom stereocenters. The van der Waals surface area contributed by atoms with Crippen molar-refractivity contribution in [1.82, 2.24) is 5.32 Å². The molecule has 5 aromatic rings. The fourth-order valence-corrected chi connectivity index (χ4v) is 5.94. The third-order valence-corrected chi connectivity index (χ3v) is 7.68. The van der Waals surface area contributed by atoms with Crippen LogP contribution in [0, 0.1) is 27.7 Å². The molecule has 0 aliphatic carbocycles. The summed E-state index contributed by atoms with van der Waals surface area (Å²) < 4.78 is 6.33. The van der Waals surface area contributed by atoms with Crippen molar-refractivity contribution in [2.75, 3.05) is 0 Å². The van der Waals surface area contributed by atoms with Gasteiger partial charge in [-0.15, -0.1) is 0 Å². The number of carboxylic acids is 1. The van der Waals surface area contributed by atoms with Crippen LogP contribution >= 0.6 is 0 Å². The van der Waals surface area contributed by atoms with E-state index in [2.05, 4.69) is 61.6 Å². The highest BCUT2D eigenvalue weighted by molar-refractivity contribution is 5.75. The summed E-state index contributed by atoms with van der Waals surface area (Å²) in [5.41, 5.74) is 7.18. The first kappa shape index (κ1) is 32.2. The van der Waals surface area contributed by atoms with Crippen LogP contribution in [0.4, 0.5) is 0 Å². The van der Waals surface area contributed by atoms with Crippen molar-refractivity contribution in [2.24, 2.45) is 0 Å². The Kier molecular flexibility index (Phi) is 10.8. The minimum Gasteiger partial charge on any atom is -0.480 e. The highest BCUT2D eigenvalue weighted by atomic mass is 16.5. The second-order valence-corrected chi connectivity index (χ2v) is 11.1. The number of hydrogen-bond donors (Lipinski definition) is 2. The summed E-state index contributed by atoms with van der Waals surface area (Å²) in [7, 11) is 0. The average molecular weight is 586 g/mol. The molecule has 0 aliphatic heterocycles. The van der Waals surface area contributed by atoms with Crippen LogP contribution in [0.2, 0.25) is 0 Å². The molecule has 0 fully saturated rings. The summed E-state index contributed by atoms with van der Waals surface area (Å²) in [6.45, 7) is 12.1. The van der Waals surface area contributed by atoms with Gasteiger partial charge in [-0.05, 0) is 90.8 Å². The topological polar surface area (TPSA) is 58.6 Å². The molecule has 0 bridgehead atoms. The highest BCUT2D eigenvalue weighted by Crippen LogP contribution is 2.38. The van der Waals surface area contributed by atoms with Crippen LogP contribution in [0.1, 0.15) is 58.4 Å². The lowest BCUT2D eigenvalue weighted by Gasteiger charge is -2.39. The summed E-state index contributed by atoms with van der Waals surface area (Å²) in [6, 6.07) is 39.6. The van der Waals surface area contributed by atoms with Gasteiger partial charge in [-0.25, -0.2) is 0 Å². The predicted molar refractivity (Wildman–Crippen MR) is 181 cm³/mol. The molecular weight excluding hydrogens is 542 g/mol. The number of hydrogen-bond acceptors (Lipinski definition) is 3. The van der Waals surface area contributed by atoms with Crippen LogP contribution in [0.3, 0.4) is 0 Å². The van der Waals surface area contributed by atoms with Gasteiger partial charge in [0.05, 0.1) is 5.54 Å². The molecule has 44 heavy (non-hydrogen) atoms.